The summed E-state index contributed by atoms with van der Waals surface area (Å²) in [5.74, 6) is -1.82. The Morgan fingerprint density at radius 2 is 0.868 bits per heavy atom. The maximum absolute atomic E-state index is 13.0. The fourth-order valence-corrected chi connectivity index (χ4v) is 6.99. The Labute approximate surface area is 367 Å². The summed E-state index contributed by atoms with van der Waals surface area (Å²) in [5, 5.41) is 0. The summed E-state index contributed by atoms with van der Waals surface area (Å²) in [7, 11) is -5.01. The second kappa shape index (κ2) is 36.8. The predicted octanol–water partition coefficient (Wildman–Crippen LogP) is 9.98. The van der Waals surface area contributed by atoms with Crippen molar-refractivity contribution in [3.05, 3.63) is 53.6 Å². The van der Waals surface area contributed by atoms with E-state index >= 15 is 0 Å². The molecule has 7 nitrogen and oxygen atoms in total. The SMILES string of the molecule is CCCCC/C=C/CCCCCCCCCCCOC(=O)c1cccc(S(=O)(=O)[O-])c1C(=O)OCCCCCCCCCCC/C=C/CCCCC.[K+]. The molecule has 9 heteroatoms. The van der Waals surface area contributed by atoms with Crippen LogP contribution in [0.15, 0.2) is 47.4 Å². The average Bonchev–Trinajstić information content (AvgIpc) is 3.13. The maximum Gasteiger partial charge on any atom is 1.00 e. The summed E-state index contributed by atoms with van der Waals surface area (Å²) in [5.41, 5.74) is -0.783. The number of benzene rings is 1. The van der Waals surface area contributed by atoms with Gasteiger partial charge in [0.2, 0.25) is 0 Å². The molecule has 1 aromatic carbocycles. The zero-order chi connectivity index (χ0) is 38.0. The van der Waals surface area contributed by atoms with E-state index in [0.717, 1.165) is 44.6 Å². The van der Waals surface area contributed by atoms with Crippen molar-refractivity contribution >= 4 is 22.1 Å². The van der Waals surface area contributed by atoms with Crippen LogP contribution in [0.25, 0.3) is 0 Å². The van der Waals surface area contributed by atoms with Gasteiger partial charge in [-0.15, -0.1) is 0 Å². The Morgan fingerprint density at radius 1 is 0.528 bits per heavy atom. The van der Waals surface area contributed by atoms with Crippen molar-refractivity contribution in [1.29, 1.82) is 0 Å². The predicted molar refractivity (Wildman–Crippen MR) is 214 cm³/mol. The van der Waals surface area contributed by atoms with Crippen LogP contribution in [0, 0.1) is 0 Å². The summed E-state index contributed by atoms with van der Waals surface area (Å²) < 4.78 is 46.7. The Balaban J connectivity index is 0.0000270. The number of hydrogen-bond acceptors (Lipinski definition) is 7. The number of ether oxygens (including phenoxy) is 2. The molecular weight excluding hydrogens is 712 g/mol. The Hall–Kier alpha value is -0.814. The molecule has 0 aliphatic carbocycles. The van der Waals surface area contributed by atoms with Gasteiger partial charge in [0.1, 0.15) is 10.1 Å². The van der Waals surface area contributed by atoms with Gasteiger partial charge in [0.15, 0.2) is 0 Å². The standard InChI is InChI=1S/C44H74O7S.K/c1-3-5-7-9-11-13-15-17-19-21-23-25-27-29-31-33-38-50-43(45)40-36-35-37-41(52(47,48)49)42(40)44(46)51-39-34-32-30-28-26-24-22-20-18-16-14-12-10-8-6-4-2;/h11-14,35-37H,3-10,15-34,38-39H2,1-2H3,(H,47,48,49);/q;+1/p-1/b13-11+,14-12+;. The monoisotopic (exact) mass is 784 g/mol. The van der Waals surface area contributed by atoms with Crippen molar-refractivity contribution in [2.75, 3.05) is 13.2 Å². The Morgan fingerprint density at radius 3 is 1.25 bits per heavy atom. The molecule has 0 atom stereocenters. The number of rotatable bonds is 35. The molecule has 0 aliphatic rings. The van der Waals surface area contributed by atoms with Gasteiger partial charge in [-0.25, -0.2) is 18.0 Å². The van der Waals surface area contributed by atoms with E-state index in [2.05, 4.69) is 38.2 Å². The van der Waals surface area contributed by atoms with Gasteiger partial charge >= 0.3 is 63.3 Å². The fraction of sp³-hybridized carbons (Fsp3) is 0.727. The van der Waals surface area contributed by atoms with Gasteiger partial charge in [0, 0.05) is 0 Å². The molecule has 0 aliphatic heterocycles. The summed E-state index contributed by atoms with van der Waals surface area (Å²) in [6.45, 7) is 4.71. The molecule has 1 aromatic rings. The van der Waals surface area contributed by atoms with Crippen LogP contribution in [0.4, 0.5) is 0 Å². The second-order valence-corrected chi connectivity index (χ2v) is 15.6. The van der Waals surface area contributed by atoms with Crippen LogP contribution in [-0.4, -0.2) is 38.1 Å². The van der Waals surface area contributed by atoms with Gasteiger partial charge in [-0.3, -0.25) is 0 Å². The molecule has 0 heterocycles. The number of unbranched alkanes of at least 4 members (excludes halogenated alkanes) is 24. The third kappa shape index (κ3) is 29.1. The molecular formula is C44H73KO7S. The fourth-order valence-electron chi connectivity index (χ4n) is 6.30. The van der Waals surface area contributed by atoms with Gasteiger partial charge < -0.3 is 14.0 Å². The number of allylic oxidation sites excluding steroid dienone is 4. The molecule has 0 fully saturated rings. The molecule has 53 heavy (non-hydrogen) atoms. The van der Waals surface area contributed by atoms with E-state index in [4.69, 9.17) is 9.47 Å². The second-order valence-electron chi connectivity index (χ2n) is 14.3. The first-order valence-electron chi connectivity index (χ1n) is 21.1. The molecule has 0 aromatic heterocycles. The minimum absolute atomic E-state index is 0. The quantitative estimate of drug-likeness (QED) is 0.0222. The van der Waals surface area contributed by atoms with Crippen LogP contribution in [0.5, 0.6) is 0 Å². The van der Waals surface area contributed by atoms with E-state index in [0.29, 0.717) is 12.8 Å². The molecule has 0 amide bonds. The molecule has 0 radical (unpaired) electrons. The van der Waals surface area contributed by atoms with E-state index in [1.54, 1.807) is 0 Å². The largest absolute Gasteiger partial charge is 1.00 e. The van der Waals surface area contributed by atoms with Crippen molar-refractivity contribution in [3.63, 3.8) is 0 Å². The zero-order valence-electron chi connectivity index (χ0n) is 34.0. The number of esters is 2. The molecule has 0 unspecified atom stereocenters. The molecule has 298 valence electrons. The van der Waals surface area contributed by atoms with Crippen molar-refractivity contribution < 1.29 is 83.4 Å². The maximum atomic E-state index is 13.0. The molecule has 0 saturated carbocycles. The van der Waals surface area contributed by atoms with E-state index in [9.17, 15) is 22.6 Å². The van der Waals surface area contributed by atoms with E-state index in [-0.39, 0.29) is 70.2 Å². The van der Waals surface area contributed by atoms with Crippen LogP contribution in [0.2, 0.25) is 0 Å². The summed E-state index contributed by atoms with van der Waals surface area (Å²) in [6.07, 6.45) is 41.7. The Bertz CT molecular complexity index is 1210. The molecule has 0 N–H and O–H groups in total. The van der Waals surface area contributed by atoms with Crippen LogP contribution in [-0.2, 0) is 19.6 Å². The summed E-state index contributed by atoms with van der Waals surface area (Å²) >= 11 is 0. The third-order valence-electron chi connectivity index (χ3n) is 9.50. The van der Waals surface area contributed by atoms with Crippen molar-refractivity contribution in [1.82, 2.24) is 0 Å². The van der Waals surface area contributed by atoms with Crippen LogP contribution in [0.3, 0.4) is 0 Å². The minimum Gasteiger partial charge on any atom is -0.744 e. The zero-order valence-corrected chi connectivity index (χ0v) is 38.0. The topological polar surface area (TPSA) is 110 Å². The normalized spacial score (nSPS) is 11.7. The van der Waals surface area contributed by atoms with Crippen molar-refractivity contribution in [3.8, 4) is 0 Å². The first kappa shape index (κ1) is 52.2. The van der Waals surface area contributed by atoms with Crippen LogP contribution >= 0.6 is 0 Å². The van der Waals surface area contributed by atoms with Crippen molar-refractivity contribution in [2.45, 2.75) is 199 Å². The molecule has 1 rings (SSSR count). The summed E-state index contributed by atoms with van der Waals surface area (Å²) in [4.78, 5) is 25.1. The average molecular weight is 785 g/mol. The minimum atomic E-state index is -5.01. The Kier molecular flexibility index (Phi) is 36.2. The number of hydrogen-bond donors (Lipinski definition) is 0. The number of carbonyl (C=O) groups is 2. The van der Waals surface area contributed by atoms with E-state index < -0.39 is 32.5 Å². The smallest absolute Gasteiger partial charge is 0.744 e. The van der Waals surface area contributed by atoms with Crippen LogP contribution in [0.1, 0.15) is 214 Å². The molecule has 0 bridgehead atoms. The van der Waals surface area contributed by atoms with E-state index in [1.807, 2.05) is 0 Å². The van der Waals surface area contributed by atoms with Gasteiger partial charge in [-0.05, 0) is 76.3 Å². The summed E-state index contributed by atoms with van der Waals surface area (Å²) in [6, 6.07) is 3.62. The van der Waals surface area contributed by atoms with Gasteiger partial charge in [0.25, 0.3) is 0 Å². The van der Waals surface area contributed by atoms with Gasteiger partial charge in [-0.1, -0.05) is 160 Å². The molecule has 0 saturated heterocycles. The number of carbonyl (C=O) groups excluding carboxylic acids is 2. The molecule has 0 spiro atoms. The van der Waals surface area contributed by atoms with Crippen LogP contribution < -0.4 is 51.4 Å². The first-order chi connectivity index (χ1) is 25.3. The first-order valence-corrected chi connectivity index (χ1v) is 22.5. The van der Waals surface area contributed by atoms with Crippen molar-refractivity contribution in [2.24, 2.45) is 0 Å². The van der Waals surface area contributed by atoms with Gasteiger partial charge in [-0.2, -0.15) is 0 Å². The van der Waals surface area contributed by atoms with E-state index in [1.165, 1.54) is 141 Å². The van der Waals surface area contributed by atoms with Gasteiger partial charge in [0.05, 0.1) is 29.2 Å². The third-order valence-corrected chi connectivity index (χ3v) is 10.4.